The zero-order valence-corrected chi connectivity index (χ0v) is 15.3. The zero-order chi connectivity index (χ0) is 17.4. The minimum atomic E-state index is -0.570. The van der Waals surface area contributed by atoms with E-state index in [-0.39, 0.29) is 0 Å². The number of hydrogen-bond donors (Lipinski definition) is 3. The van der Waals surface area contributed by atoms with Crippen LogP contribution in [-0.4, -0.2) is 54.7 Å². The van der Waals surface area contributed by atoms with E-state index in [0.717, 1.165) is 31.2 Å². The van der Waals surface area contributed by atoms with Gasteiger partial charge in [-0.3, -0.25) is 9.89 Å². The Balaban J connectivity index is 1.88. The quantitative estimate of drug-likeness (QED) is 0.528. The average Bonchev–Trinajstić information content (AvgIpc) is 3.05. The molecule has 5 nitrogen and oxygen atoms in total. The molecular formula is C19H32N4O. The summed E-state index contributed by atoms with van der Waals surface area (Å²) in [6.45, 7) is 10.7. The Kier molecular flexibility index (Phi) is 7.53. The highest BCUT2D eigenvalue weighted by molar-refractivity contribution is 5.79. The van der Waals surface area contributed by atoms with Crippen LogP contribution in [0.15, 0.2) is 29.3 Å². The first-order valence-corrected chi connectivity index (χ1v) is 9.14. The number of rotatable bonds is 7. The van der Waals surface area contributed by atoms with Gasteiger partial charge in [-0.25, -0.2) is 0 Å². The molecule has 1 saturated heterocycles. The second-order valence-corrected chi connectivity index (χ2v) is 6.45. The fourth-order valence-electron chi connectivity index (χ4n) is 3.17. The molecule has 0 saturated carbocycles. The number of likely N-dealkylation sites (N-methyl/N-ethyl adjacent to an activating group) is 1. The van der Waals surface area contributed by atoms with Gasteiger partial charge in [-0.2, -0.15) is 0 Å². The molecule has 0 aromatic heterocycles. The number of nitrogens with one attached hydrogen (secondary N) is 2. The molecule has 2 unspecified atom stereocenters. The molecule has 1 aliphatic rings. The van der Waals surface area contributed by atoms with Crippen molar-refractivity contribution in [2.24, 2.45) is 4.99 Å². The van der Waals surface area contributed by atoms with Gasteiger partial charge in [0.1, 0.15) is 0 Å². The van der Waals surface area contributed by atoms with Crippen LogP contribution in [0, 0.1) is 6.92 Å². The molecule has 0 radical (unpaired) electrons. The standard InChI is InChI=1S/C19H32N4O/c1-4-20-19(21-13-17-7-6-12-23(17)5-2)22-14-18(24)16-10-8-15(3)9-11-16/h8-11,17-18,24H,4-7,12-14H2,1-3H3,(H2,20,21,22). The van der Waals surface area contributed by atoms with Gasteiger partial charge in [0.2, 0.25) is 0 Å². The van der Waals surface area contributed by atoms with Crippen LogP contribution >= 0.6 is 0 Å². The predicted octanol–water partition coefficient (Wildman–Crippen LogP) is 2.07. The molecule has 3 N–H and O–H groups in total. The van der Waals surface area contributed by atoms with Crippen molar-refractivity contribution in [2.75, 3.05) is 32.7 Å². The van der Waals surface area contributed by atoms with Crippen molar-refractivity contribution in [3.8, 4) is 0 Å². The third kappa shape index (κ3) is 5.49. The highest BCUT2D eigenvalue weighted by atomic mass is 16.3. The van der Waals surface area contributed by atoms with Crippen LogP contribution in [0.1, 0.15) is 43.9 Å². The summed E-state index contributed by atoms with van der Waals surface area (Å²) in [7, 11) is 0. The Hall–Kier alpha value is -1.59. The minimum absolute atomic E-state index is 0.362. The maximum Gasteiger partial charge on any atom is 0.191 e. The molecule has 0 amide bonds. The van der Waals surface area contributed by atoms with E-state index in [9.17, 15) is 5.11 Å². The van der Waals surface area contributed by atoms with Gasteiger partial charge in [0.15, 0.2) is 5.96 Å². The third-order valence-corrected chi connectivity index (χ3v) is 4.64. The van der Waals surface area contributed by atoms with Crippen molar-refractivity contribution >= 4 is 5.96 Å². The lowest BCUT2D eigenvalue weighted by Gasteiger charge is -2.24. The lowest BCUT2D eigenvalue weighted by atomic mass is 10.1. The summed E-state index contributed by atoms with van der Waals surface area (Å²) in [5.41, 5.74) is 2.11. The SMILES string of the molecule is CCNC(=NCC(O)c1ccc(C)cc1)NCC1CCCN1CC. The topological polar surface area (TPSA) is 59.9 Å². The van der Waals surface area contributed by atoms with E-state index in [0.29, 0.717) is 12.6 Å². The van der Waals surface area contributed by atoms with Crippen LogP contribution in [0.5, 0.6) is 0 Å². The Morgan fingerprint density at radius 3 is 2.71 bits per heavy atom. The van der Waals surface area contributed by atoms with Gasteiger partial charge in [-0.15, -0.1) is 0 Å². The molecule has 0 aliphatic carbocycles. The van der Waals surface area contributed by atoms with E-state index in [4.69, 9.17) is 0 Å². The van der Waals surface area contributed by atoms with Gasteiger partial charge in [-0.1, -0.05) is 36.8 Å². The van der Waals surface area contributed by atoms with E-state index < -0.39 is 6.10 Å². The molecule has 2 atom stereocenters. The van der Waals surface area contributed by atoms with Crippen LogP contribution in [-0.2, 0) is 0 Å². The summed E-state index contributed by atoms with van der Waals surface area (Å²) in [4.78, 5) is 7.06. The lowest BCUT2D eigenvalue weighted by molar-refractivity contribution is 0.187. The molecule has 24 heavy (non-hydrogen) atoms. The summed E-state index contributed by atoms with van der Waals surface area (Å²) in [5, 5.41) is 17.0. The van der Waals surface area contributed by atoms with Crippen molar-refractivity contribution in [3.05, 3.63) is 35.4 Å². The molecule has 2 rings (SSSR count). The van der Waals surface area contributed by atoms with Crippen LogP contribution in [0.4, 0.5) is 0 Å². The van der Waals surface area contributed by atoms with Gasteiger partial charge < -0.3 is 15.7 Å². The number of guanidine groups is 1. The molecule has 0 bridgehead atoms. The summed E-state index contributed by atoms with van der Waals surface area (Å²) in [5.74, 6) is 0.784. The highest BCUT2D eigenvalue weighted by Gasteiger charge is 2.22. The molecular weight excluding hydrogens is 300 g/mol. The third-order valence-electron chi connectivity index (χ3n) is 4.64. The van der Waals surface area contributed by atoms with E-state index in [1.807, 2.05) is 31.2 Å². The maximum atomic E-state index is 10.3. The fourth-order valence-corrected chi connectivity index (χ4v) is 3.17. The Labute approximate surface area is 146 Å². The summed E-state index contributed by atoms with van der Waals surface area (Å²) in [6.07, 6.45) is 1.95. The highest BCUT2D eigenvalue weighted by Crippen LogP contribution is 2.16. The molecule has 1 heterocycles. The molecule has 1 aromatic carbocycles. The summed E-state index contributed by atoms with van der Waals surface area (Å²) >= 11 is 0. The monoisotopic (exact) mass is 332 g/mol. The van der Waals surface area contributed by atoms with E-state index >= 15 is 0 Å². The van der Waals surface area contributed by atoms with Crippen LogP contribution in [0.3, 0.4) is 0 Å². The molecule has 1 aliphatic heterocycles. The normalized spacial score (nSPS) is 20.2. The fraction of sp³-hybridized carbons (Fsp3) is 0.632. The number of likely N-dealkylation sites (tertiary alicyclic amines) is 1. The first-order chi connectivity index (χ1) is 11.6. The second kappa shape index (κ2) is 9.64. The van der Waals surface area contributed by atoms with Gasteiger partial charge >= 0.3 is 0 Å². The number of aryl methyl sites for hydroxylation is 1. The van der Waals surface area contributed by atoms with Gasteiger partial charge in [-0.05, 0) is 45.3 Å². The first kappa shape index (κ1) is 18.7. The molecule has 0 spiro atoms. The second-order valence-electron chi connectivity index (χ2n) is 6.45. The Morgan fingerprint density at radius 2 is 2.04 bits per heavy atom. The van der Waals surface area contributed by atoms with Crippen molar-refractivity contribution in [1.82, 2.24) is 15.5 Å². The van der Waals surface area contributed by atoms with Crippen molar-refractivity contribution in [2.45, 2.75) is 45.8 Å². The smallest absolute Gasteiger partial charge is 0.191 e. The summed E-state index contributed by atoms with van der Waals surface area (Å²) in [6, 6.07) is 8.55. The van der Waals surface area contributed by atoms with Gasteiger partial charge in [0.25, 0.3) is 0 Å². The molecule has 1 fully saturated rings. The van der Waals surface area contributed by atoms with Gasteiger partial charge in [0, 0.05) is 19.1 Å². The lowest BCUT2D eigenvalue weighted by Crippen LogP contribution is -2.45. The Morgan fingerprint density at radius 1 is 1.29 bits per heavy atom. The minimum Gasteiger partial charge on any atom is -0.386 e. The van der Waals surface area contributed by atoms with E-state index in [1.54, 1.807) is 0 Å². The van der Waals surface area contributed by atoms with E-state index in [2.05, 4.69) is 34.4 Å². The molecule has 1 aromatic rings. The predicted molar refractivity (Wildman–Crippen MR) is 100 cm³/mol. The maximum absolute atomic E-state index is 10.3. The van der Waals surface area contributed by atoms with Crippen molar-refractivity contribution in [3.63, 3.8) is 0 Å². The van der Waals surface area contributed by atoms with Crippen LogP contribution in [0.25, 0.3) is 0 Å². The van der Waals surface area contributed by atoms with E-state index in [1.165, 1.54) is 24.9 Å². The number of aliphatic hydroxyl groups is 1. The zero-order valence-electron chi connectivity index (χ0n) is 15.3. The number of aliphatic hydroxyl groups excluding tert-OH is 1. The van der Waals surface area contributed by atoms with Crippen molar-refractivity contribution < 1.29 is 5.11 Å². The molecule has 5 heteroatoms. The molecule has 134 valence electrons. The van der Waals surface area contributed by atoms with Crippen LogP contribution in [0.2, 0.25) is 0 Å². The summed E-state index contributed by atoms with van der Waals surface area (Å²) < 4.78 is 0. The number of nitrogens with zero attached hydrogens (tertiary/aromatic N) is 2. The van der Waals surface area contributed by atoms with Gasteiger partial charge in [0.05, 0.1) is 12.6 Å². The number of benzene rings is 1. The number of aliphatic imine (C=N–C) groups is 1. The van der Waals surface area contributed by atoms with Crippen molar-refractivity contribution in [1.29, 1.82) is 0 Å². The van der Waals surface area contributed by atoms with Crippen LogP contribution < -0.4 is 10.6 Å². The number of hydrogen-bond acceptors (Lipinski definition) is 3. The Bertz CT molecular complexity index is 515. The largest absolute Gasteiger partial charge is 0.386 e. The first-order valence-electron chi connectivity index (χ1n) is 9.14. The average molecular weight is 332 g/mol.